The molecule has 0 aliphatic heterocycles. The predicted octanol–water partition coefficient (Wildman–Crippen LogP) is 4.21. The Morgan fingerprint density at radius 2 is 2.19 bits per heavy atom. The highest BCUT2D eigenvalue weighted by atomic mass is 79.9. The molecule has 1 N–H and O–H groups in total. The number of aryl methyl sites for hydroxylation is 1. The van der Waals surface area contributed by atoms with Gasteiger partial charge in [-0.3, -0.25) is 0 Å². The van der Waals surface area contributed by atoms with Crippen molar-refractivity contribution in [1.82, 2.24) is 5.32 Å². The lowest BCUT2D eigenvalue weighted by Crippen LogP contribution is -2.17. The highest BCUT2D eigenvalue weighted by Gasteiger charge is 2.23. The topological polar surface area (TPSA) is 12.0 Å². The molecular formula is C14H20BrN. The van der Waals surface area contributed by atoms with Crippen LogP contribution in [0.2, 0.25) is 0 Å². The van der Waals surface area contributed by atoms with Gasteiger partial charge in [0.25, 0.3) is 0 Å². The molecule has 0 aromatic heterocycles. The third-order valence-corrected chi connectivity index (χ3v) is 4.01. The molecule has 1 fully saturated rings. The minimum atomic E-state index is 0.522. The van der Waals surface area contributed by atoms with Gasteiger partial charge < -0.3 is 5.32 Å². The molecular weight excluding hydrogens is 262 g/mol. The normalized spacial score (nSPS) is 17.4. The second-order valence-electron chi connectivity index (χ2n) is 4.86. The van der Waals surface area contributed by atoms with Crippen LogP contribution in [0.3, 0.4) is 0 Å². The number of halogens is 1. The minimum absolute atomic E-state index is 0.522. The molecule has 1 unspecified atom stereocenters. The van der Waals surface area contributed by atoms with Crippen LogP contribution in [0.1, 0.15) is 42.9 Å². The van der Waals surface area contributed by atoms with Crippen LogP contribution in [0.15, 0.2) is 22.7 Å². The van der Waals surface area contributed by atoms with Crippen LogP contribution >= 0.6 is 15.9 Å². The fourth-order valence-corrected chi connectivity index (χ4v) is 2.77. The molecule has 16 heavy (non-hydrogen) atoms. The van der Waals surface area contributed by atoms with Crippen LogP contribution in [-0.2, 0) is 0 Å². The molecule has 0 amide bonds. The maximum atomic E-state index is 3.52. The largest absolute Gasteiger partial charge is 0.313 e. The van der Waals surface area contributed by atoms with Crippen molar-refractivity contribution in [2.45, 2.75) is 38.6 Å². The second kappa shape index (κ2) is 5.33. The van der Waals surface area contributed by atoms with E-state index in [1.165, 1.54) is 41.3 Å². The highest BCUT2D eigenvalue weighted by Crippen LogP contribution is 2.36. The fraction of sp³-hybridized carbons (Fsp3) is 0.571. The first kappa shape index (κ1) is 12.1. The second-order valence-corrected chi connectivity index (χ2v) is 5.78. The average molecular weight is 282 g/mol. The fourth-order valence-electron chi connectivity index (χ4n) is 2.29. The van der Waals surface area contributed by atoms with Crippen LogP contribution in [0.25, 0.3) is 0 Å². The lowest BCUT2D eigenvalue weighted by Gasteiger charge is -2.19. The van der Waals surface area contributed by atoms with Gasteiger partial charge in [-0.1, -0.05) is 34.8 Å². The third kappa shape index (κ3) is 3.08. The number of rotatable bonds is 5. The Balaban J connectivity index is 2.05. The van der Waals surface area contributed by atoms with Gasteiger partial charge in [0.15, 0.2) is 0 Å². The van der Waals surface area contributed by atoms with Gasteiger partial charge >= 0.3 is 0 Å². The van der Waals surface area contributed by atoms with Gasteiger partial charge in [-0.2, -0.15) is 0 Å². The molecule has 0 bridgehead atoms. The summed E-state index contributed by atoms with van der Waals surface area (Å²) in [5.41, 5.74) is 2.83. The van der Waals surface area contributed by atoms with Gasteiger partial charge in [-0.15, -0.1) is 0 Å². The van der Waals surface area contributed by atoms with E-state index in [9.17, 15) is 0 Å². The van der Waals surface area contributed by atoms with Crippen molar-refractivity contribution in [3.8, 4) is 0 Å². The number of benzene rings is 1. The summed E-state index contributed by atoms with van der Waals surface area (Å²) in [6.45, 7) is 2.20. The van der Waals surface area contributed by atoms with E-state index in [2.05, 4.69) is 53.4 Å². The van der Waals surface area contributed by atoms with E-state index in [-0.39, 0.29) is 0 Å². The molecule has 1 aliphatic carbocycles. The lowest BCUT2D eigenvalue weighted by atomic mass is 9.97. The van der Waals surface area contributed by atoms with E-state index in [0.29, 0.717) is 6.04 Å². The molecule has 1 nitrogen and oxygen atoms in total. The van der Waals surface area contributed by atoms with E-state index in [1.807, 2.05) is 0 Å². The van der Waals surface area contributed by atoms with Gasteiger partial charge in [0, 0.05) is 10.5 Å². The standard InChI is InChI=1S/C14H20BrN/c1-10-9-12(15)6-7-13(10)14(16-2)8-5-11-3-4-11/h6-7,9,11,14,16H,3-5,8H2,1-2H3. The van der Waals surface area contributed by atoms with Crippen molar-refractivity contribution < 1.29 is 0 Å². The average Bonchev–Trinajstić information content (AvgIpc) is 3.05. The van der Waals surface area contributed by atoms with Gasteiger partial charge in [-0.25, -0.2) is 0 Å². The Hall–Kier alpha value is -0.340. The number of hydrogen-bond acceptors (Lipinski definition) is 1. The summed E-state index contributed by atoms with van der Waals surface area (Å²) in [7, 11) is 2.07. The molecule has 0 radical (unpaired) electrons. The monoisotopic (exact) mass is 281 g/mol. The molecule has 1 aromatic rings. The number of nitrogens with one attached hydrogen (secondary N) is 1. The third-order valence-electron chi connectivity index (χ3n) is 3.52. The Bertz CT molecular complexity index is 358. The van der Waals surface area contributed by atoms with E-state index >= 15 is 0 Å². The zero-order valence-electron chi connectivity index (χ0n) is 10.1. The van der Waals surface area contributed by atoms with Crippen molar-refractivity contribution in [2.75, 3.05) is 7.05 Å². The SMILES string of the molecule is CNC(CCC1CC1)c1ccc(Br)cc1C. The Morgan fingerprint density at radius 1 is 1.44 bits per heavy atom. The first-order valence-corrected chi connectivity index (χ1v) is 6.93. The molecule has 1 atom stereocenters. The zero-order valence-corrected chi connectivity index (χ0v) is 11.7. The van der Waals surface area contributed by atoms with Crippen LogP contribution < -0.4 is 5.32 Å². The molecule has 0 spiro atoms. The molecule has 1 saturated carbocycles. The number of hydrogen-bond donors (Lipinski definition) is 1. The summed E-state index contributed by atoms with van der Waals surface area (Å²) in [5.74, 6) is 1.02. The summed E-state index contributed by atoms with van der Waals surface area (Å²) in [6, 6.07) is 7.11. The summed E-state index contributed by atoms with van der Waals surface area (Å²) in [5, 5.41) is 3.45. The Morgan fingerprint density at radius 3 is 2.75 bits per heavy atom. The van der Waals surface area contributed by atoms with E-state index in [0.717, 1.165) is 5.92 Å². The van der Waals surface area contributed by atoms with Crippen LogP contribution in [0, 0.1) is 12.8 Å². The van der Waals surface area contributed by atoms with Gasteiger partial charge in [0.2, 0.25) is 0 Å². The molecule has 0 heterocycles. The van der Waals surface area contributed by atoms with Crippen LogP contribution in [0.5, 0.6) is 0 Å². The maximum absolute atomic E-state index is 3.52. The van der Waals surface area contributed by atoms with Crippen LogP contribution in [-0.4, -0.2) is 7.05 Å². The quantitative estimate of drug-likeness (QED) is 0.853. The van der Waals surface area contributed by atoms with Crippen molar-refractivity contribution in [1.29, 1.82) is 0 Å². The first-order chi connectivity index (χ1) is 7.70. The van der Waals surface area contributed by atoms with Gasteiger partial charge in [0.05, 0.1) is 0 Å². The molecule has 1 aliphatic rings. The zero-order chi connectivity index (χ0) is 11.5. The van der Waals surface area contributed by atoms with Crippen molar-refractivity contribution in [2.24, 2.45) is 5.92 Å². The van der Waals surface area contributed by atoms with Gasteiger partial charge in [-0.05, 0) is 56.0 Å². The summed E-state index contributed by atoms with van der Waals surface area (Å²) in [6.07, 6.45) is 5.55. The van der Waals surface area contributed by atoms with Crippen molar-refractivity contribution in [3.63, 3.8) is 0 Å². The van der Waals surface area contributed by atoms with Crippen LogP contribution in [0.4, 0.5) is 0 Å². The lowest BCUT2D eigenvalue weighted by molar-refractivity contribution is 0.504. The minimum Gasteiger partial charge on any atom is -0.313 e. The smallest absolute Gasteiger partial charge is 0.0320 e. The van der Waals surface area contributed by atoms with E-state index < -0.39 is 0 Å². The summed E-state index contributed by atoms with van der Waals surface area (Å²) in [4.78, 5) is 0. The van der Waals surface area contributed by atoms with E-state index in [4.69, 9.17) is 0 Å². The van der Waals surface area contributed by atoms with Crippen molar-refractivity contribution >= 4 is 15.9 Å². The Kier molecular flexibility index (Phi) is 4.04. The molecule has 1 aromatic carbocycles. The highest BCUT2D eigenvalue weighted by molar-refractivity contribution is 9.10. The molecule has 2 heteroatoms. The summed E-state index contributed by atoms with van der Waals surface area (Å²) >= 11 is 3.52. The van der Waals surface area contributed by atoms with Crippen molar-refractivity contribution in [3.05, 3.63) is 33.8 Å². The Labute approximate surface area is 107 Å². The molecule has 88 valence electrons. The van der Waals surface area contributed by atoms with Gasteiger partial charge in [0.1, 0.15) is 0 Å². The first-order valence-electron chi connectivity index (χ1n) is 6.14. The molecule has 2 rings (SSSR count). The predicted molar refractivity (Wildman–Crippen MR) is 72.6 cm³/mol. The summed E-state index contributed by atoms with van der Waals surface area (Å²) < 4.78 is 1.17. The van der Waals surface area contributed by atoms with E-state index in [1.54, 1.807) is 0 Å². The molecule has 0 saturated heterocycles. The maximum Gasteiger partial charge on any atom is 0.0320 e.